The first kappa shape index (κ1) is 14.5. The highest BCUT2D eigenvalue weighted by atomic mass is 79.9. The summed E-state index contributed by atoms with van der Waals surface area (Å²) in [4.78, 5) is 14.1. The molecule has 3 nitrogen and oxygen atoms in total. The number of esters is 1. The van der Waals surface area contributed by atoms with Crippen molar-refractivity contribution in [3.63, 3.8) is 0 Å². The number of piperidine rings is 1. The summed E-state index contributed by atoms with van der Waals surface area (Å²) in [5.74, 6) is -0.00415. The lowest BCUT2D eigenvalue weighted by Crippen LogP contribution is -2.39. The summed E-state index contributed by atoms with van der Waals surface area (Å²) in [7, 11) is 0. The normalized spacial score (nSPS) is 20.2. The van der Waals surface area contributed by atoms with Gasteiger partial charge in [-0.05, 0) is 37.9 Å². The fourth-order valence-electron chi connectivity index (χ4n) is 2.52. The summed E-state index contributed by atoms with van der Waals surface area (Å²) in [6.07, 6.45) is 2.01. The molecule has 0 N–H and O–H groups in total. The Balaban J connectivity index is 1.94. The molecule has 4 heteroatoms. The van der Waals surface area contributed by atoms with Crippen LogP contribution in [0.25, 0.3) is 0 Å². The molecule has 0 saturated carbocycles. The lowest BCUT2D eigenvalue weighted by Gasteiger charge is -2.31. The number of likely N-dealkylation sites (tertiary alicyclic amines) is 1. The van der Waals surface area contributed by atoms with E-state index in [1.54, 1.807) is 0 Å². The van der Waals surface area contributed by atoms with Gasteiger partial charge in [0.2, 0.25) is 0 Å². The van der Waals surface area contributed by atoms with Crippen molar-refractivity contribution < 1.29 is 9.53 Å². The molecule has 1 heterocycles. The fourth-order valence-corrected chi connectivity index (χ4v) is 2.93. The van der Waals surface area contributed by atoms with Crippen molar-refractivity contribution in [2.75, 3.05) is 19.7 Å². The molecule has 1 fully saturated rings. The van der Waals surface area contributed by atoms with Crippen molar-refractivity contribution in [2.45, 2.75) is 26.3 Å². The Hall–Kier alpha value is -0.870. The molecule has 1 aromatic carbocycles. The van der Waals surface area contributed by atoms with Crippen LogP contribution in [0.3, 0.4) is 0 Å². The van der Waals surface area contributed by atoms with Crippen LogP contribution in [-0.2, 0) is 16.1 Å². The topological polar surface area (TPSA) is 29.5 Å². The van der Waals surface area contributed by atoms with Crippen molar-refractivity contribution in [3.8, 4) is 0 Å². The van der Waals surface area contributed by atoms with E-state index < -0.39 is 0 Å². The number of carbonyl (C=O) groups excluding carboxylic acids is 1. The number of hydrogen-bond acceptors (Lipinski definition) is 3. The van der Waals surface area contributed by atoms with Crippen LogP contribution in [0, 0.1) is 5.92 Å². The van der Waals surface area contributed by atoms with E-state index in [4.69, 9.17) is 4.74 Å². The Morgan fingerprint density at radius 3 is 3.00 bits per heavy atom. The first-order chi connectivity index (χ1) is 9.20. The Kier molecular flexibility index (Phi) is 5.40. The smallest absolute Gasteiger partial charge is 0.310 e. The van der Waals surface area contributed by atoms with E-state index >= 15 is 0 Å². The van der Waals surface area contributed by atoms with Crippen molar-refractivity contribution >= 4 is 21.9 Å². The third-order valence-corrected chi connectivity index (χ3v) is 4.25. The molecular weight excluding hydrogens is 306 g/mol. The van der Waals surface area contributed by atoms with E-state index in [2.05, 4.69) is 33.0 Å². The Morgan fingerprint density at radius 2 is 2.26 bits per heavy atom. The van der Waals surface area contributed by atoms with Crippen molar-refractivity contribution in [2.24, 2.45) is 5.92 Å². The summed E-state index contributed by atoms with van der Waals surface area (Å²) < 4.78 is 6.26. The standard InChI is InChI=1S/C15H20BrNO2/c1-2-19-15(18)13-7-5-9-17(11-13)10-12-6-3-4-8-14(12)16/h3-4,6,8,13H,2,5,7,9-11H2,1H3/t13-/m1/s1. The molecule has 0 spiro atoms. The summed E-state index contributed by atoms with van der Waals surface area (Å²) in [6.45, 7) is 5.08. The number of hydrogen-bond donors (Lipinski definition) is 0. The Morgan fingerprint density at radius 1 is 1.47 bits per heavy atom. The second-order valence-corrected chi connectivity index (χ2v) is 5.77. The summed E-state index contributed by atoms with van der Waals surface area (Å²) in [6, 6.07) is 8.25. The summed E-state index contributed by atoms with van der Waals surface area (Å²) in [5, 5.41) is 0. The van der Waals surface area contributed by atoms with Gasteiger partial charge in [0, 0.05) is 17.6 Å². The second-order valence-electron chi connectivity index (χ2n) is 4.92. The van der Waals surface area contributed by atoms with E-state index in [0.29, 0.717) is 6.61 Å². The maximum atomic E-state index is 11.8. The lowest BCUT2D eigenvalue weighted by molar-refractivity contribution is -0.150. The lowest BCUT2D eigenvalue weighted by atomic mass is 9.98. The monoisotopic (exact) mass is 325 g/mol. The van der Waals surface area contributed by atoms with Gasteiger partial charge in [-0.1, -0.05) is 34.1 Å². The number of carbonyl (C=O) groups is 1. The molecule has 19 heavy (non-hydrogen) atoms. The van der Waals surface area contributed by atoms with Gasteiger partial charge < -0.3 is 4.74 Å². The SMILES string of the molecule is CCOC(=O)[C@@H]1CCCN(Cc2ccccc2Br)C1. The maximum Gasteiger partial charge on any atom is 0.310 e. The van der Waals surface area contributed by atoms with E-state index in [-0.39, 0.29) is 11.9 Å². The van der Waals surface area contributed by atoms with E-state index in [0.717, 1.165) is 36.9 Å². The highest BCUT2D eigenvalue weighted by molar-refractivity contribution is 9.10. The molecule has 1 saturated heterocycles. The molecular formula is C15H20BrNO2. The zero-order valence-corrected chi connectivity index (χ0v) is 12.9. The molecule has 0 bridgehead atoms. The fraction of sp³-hybridized carbons (Fsp3) is 0.533. The van der Waals surface area contributed by atoms with Crippen LogP contribution in [0.2, 0.25) is 0 Å². The van der Waals surface area contributed by atoms with Gasteiger partial charge in [-0.15, -0.1) is 0 Å². The van der Waals surface area contributed by atoms with Crippen molar-refractivity contribution in [1.29, 1.82) is 0 Å². The molecule has 1 atom stereocenters. The minimum absolute atomic E-state index is 0.0381. The van der Waals surface area contributed by atoms with Crippen LogP contribution in [0.5, 0.6) is 0 Å². The average molecular weight is 326 g/mol. The van der Waals surface area contributed by atoms with Crippen LogP contribution in [0.1, 0.15) is 25.3 Å². The van der Waals surface area contributed by atoms with E-state index in [1.807, 2.05) is 19.1 Å². The van der Waals surface area contributed by atoms with Crippen LogP contribution in [0.4, 0.5) is 0 Å². The first-order valence-corrected chi connectivity index (χ1v) is 7.62. The third kappa shape index (κ3) is 4.05. The number of ether oxygens (including phenoxy) is 1. The zero-order chi connectivity index (χ0) is 13.7. The highest BCUT2D eigenvalue weighted by Gasteiger charge is 2.26. The van der Waals surface area contributed by atoms with Crippen molar-refractivity contribution in [3.05, 3.63) is 34.3 Å². The summed E-state index contributed by atoms with van der Waals surface area (Å²) >= 11 is 3.57. The zero-order valence-electron chi connectivity index (χ0n) is 11.3. The molecule has 0 radical (unpaired) electrons. The van der Waals surface area contributed by atoms with Crippen LogP contribution >= 0.6 is 15.9 Å². The number of benzene rings is 1. The largest absolute Gasteiger partial charge is 0.466 e. The molecule has 0 unspecified atom stereocenters. The molecule has 0 aliphatic carbocycles. The van der Waals surface area contributed by atoms with Crippen molar-refractivity contribution in [1.82, 2.24) is 4.90 Å². The molecule has 2 rings (SSSR count). The van der Waals surface area contributed by atoms with Gasteiger partial charge in [-0.2, -0.15) is 0 Å². The van der Waals surface area contributed by atoms with E-state index in [9.17, 15) is 4.79 Å². The molecule has 0 amide bonds. The van der Waals surface area contributed by atoms with E-state index in [1.165, 1.54) is 5.56 Å². The molecule has 1 aliphatic heterocycles. The van der Waals surface area contributed by atoms with Gasteiger partial charge in [-0.3, -0.25) is 9.69 Å². The maximum absolute atomic E-state index is 11.8. The highest BCUT2D eigenvalue weighted by Crippen LogP contribution is 2.23. The predicted molar refractivity (Wildman–Crippen MR) is 78.8 cm³/mol. The van der Waals surface area contributed by atoms with Gasteiger partial charge in [0.25, 0.3) is 0 Å². The number of nitrogens with zero attached hydrogens (tertiary/aromatic N) is 1. The average Bonchev–Trinajstić information content (AvgIpc) is 2.42. The molecule has 1 aliphatic rings. The Bertz CT molecular complexity index is 436. The molecule has 1 aromatic rings. The van der Waals surface area contributed by atoms with Gasteiger partial charge >= 0.3 is 5.97 Å². The predicted octanol–water partition coefficient (Wildman–Crippen LogP) is 3.22. The van der Waals surface area contributed by atoms with Gasteiger partial charge in [0.1, 0.15) is 0 Å². The van der Waals surface area contributed by atoms with Crippen LogP contribution in [-0.4, -0.2) is 30.6 Å². The number of rotatable bonds is 4. The van der Waals surface area contributed by atoms with Gasteiger partial charge in [0.15, 0.2) is 0 Å². The van der Waals surface area contributed by atoms with Crippen LogP contribution < -0.4 is 0 Å². The minimum Gasteiger partial charge on any atom is -0.466 e. The van der Waals surface area contributed by atoms with Gasteiger partial charge in [-0.25, -0.2) is 0 Å². The van der Waals surface area contributed by atoms with Crippen LogP contribution in [0.15, 0.2) is 28.7 Å². The Labute approximate surface area is 123 Å². The minimum atomic E-state index is -0.0423. The quantitative estimate of drug-likeness (QED) is 0.796. The van der Waals surface area contributed by atoms with Gasteiger partial charge in [0.05, 0.1) is 12.5 Å². The number of halogens is 1. The molecule has 104 valence electrons. The first-order valence-electron chi connectivity index (χ1n) is 6.83. The molecule has 0 aromatic heterocycles. The third-order valence-electron chi connectivity index (χ3n) is 3.48. The second kappa shape index (κ2) is 7.06. The summed E-state index contributed by atoms with van der Waals surface area (Å²) in [5.41, 5.74) is 1.27.